The minimum absolute atomic E-state index is 0.00176. The van der Waals surface area contributed by atoms with Crippen LogP contribution in [-0.4, -0.2) is 22.7 Å². The number of rotatable bonds is 1. The highest BCUT2D eigenvalue weighted by molar-refractivity contribution is 9.09. The lowest BCUT2D eigenvalue weighted by Crippen LogP contribution is -2.58. The van der Waals surface area contributed by atoms with Crippen LogP contribution in [0.15, 0.2) is 0 Å². The van der Waals surface area contributed by atoms with Crippen LogP contribution in [0.4, 0.5) is 4.79 Å². The maximum atomic E-state index is 11.5. The lowest BCUT2D eigenvalue weighted by Gasteiger charge is -2.27. The smallest absolute Gasteiger partial charge is 0.277 e. The molecule has 82 valence electrons. The minimum Gasteiger partial charge on any atom is -0.277 e. The van der Waals surface area contributed by atoms with Gasteiger partial charge >= 0.3 is 6.03 Å². The Morgan fingerprint density at radius 3 is 2.13 bits per heavy atom. The summed E-state index contributed by atoms with van der Waals surface area (Å²) in [5.74, 6) is -1.67. The Labute approximate surface area is 95.1 Å². The number of halogens is 1. The summed E-state index contributed by atoms with van der Waals surface area (Å²) in [4.78, 5) is 34.1. The lowest BCUT2D eigenvalue weighted by molar-refractivity contribution is -0.138. The van der Waals surface area contributed by atoms with Gasteiger partial charge in [0.1, 0.15) is 5.92 Å². The van der Waals surface area contributed by atoms with E-state index in [1.54, 1.807) is 0 Å². The van der Waals surface area contributed by atoms with Gasteiger partial charge in [0.05, 0.1) is 0 Å². The number of alkyl halides is 1. The summed E-state index contributed by atoms with van der Waals surface area (Å²) < 4.78 is 0. The highest BCUT2D eigenvalue weighted by Gasteiger charge is 2.44. The summed E-state index contributed by atoms with van der Waals surface area (Å²) in [6.45, 7) is 0. The van der Waals surface area contributed by atoms with Gasteiger partial charge < -0.3 is 0 Å². The van der Waals surface area contributed by atoms with Crippen molar-refractivity contribution < 1.29 is 14.4 Å². The van der Waals surface area contributed by atoms with Crippen LogP contribution in [-0.2, 0) is 9.59 Å². The number of barbiturate groups is 1. The second-order valence-corrected chi connectivity index (χ2v) is 5.07. The van der Waals surface area contributed by atoms with E-state index in [2.05, 4.69) is 26.6 Å². The van der Waals surface area contributed by atoms with Crippen LogP contribution in [0, 0.1) is 11.8 Å². The fraction of sp³-hybridized carbons (Fsp3) is 0.667. The topological polar surface area (TPSA) is 75.3 Å². The third-order valence-electron chi connectivity index (χ3n) is 2.95. The van der Waals surface area contributed by atoms with Crippen LogP contribution in [0.5, 0.6) is 0 Å². The molecule has 0 bridgehead atoms. The van der Waals surface area contributed by atoms with Crippen molar-refractivity contribution in [2.45, 2.75) is 24.1 Å². The number of carbonyl (C=O) groups is 3. The van der Waals surface area contributed by atoms with Crippen LogP contribution in [0.25, 0.3) is 0 Å². The molecular weight excluding hydrogens is 264 g/mol. The highest BCUT2D eigenvalue weighted by Crippen LogP contribution is 2.37. The molecule has 1 aliphatic heterocycles. The van der Waals surface area contributed by atoms with E-state index < -0.39 is 23.8 Å². The Bertz CT molecular complexity index is 311. The predicted octanol–water partition coefficient (Wildman–Crippen LogP) is 0.532. The number of urea groups is 1. The normalized spacial score (nSPS) is 32.7. The average Bonchev–Trinajstić information content (AvgIpc) is 2.50. The summed E-state index contributed by atoms with van der Waals surface area (Å²) in [6, 6.07) is -0.717. The Hall–Kier alpha value is -0.910. The van der Waals surface area contributed by atoms with Gasteiger partial charge in [-0.3, -0.25) is 20.2 Å². The van der Waals surface area contributed by atoms with Crippen molar-refractivity contribution in [3.05, 3.63) is 0 Å². The van der Waals surface area contributed by atoms with Gasteiger partial charge in [0.25, 0.3) is 0 Å². The van der Waals surface area contributed by atoms with E-state index in [0.29, 0.717) is 0 Å². The first-order valence-electron chi connectivity index (χ1n) is 4.89. The van der Waals surface area contributed by atoms with Crippen molar-refractivity contribution >= 4 is 33.8 Å². The zero-order chi connectivity index (χ0) is 11.0. The van der Waals surface area contributed by atoms with E-state index in [4.69, 9.17) is 0 Å². The van der Waals surface area contributed by atoms with E-state index in [0.717, 1.165) is 19.3 Å². The van der Waals surface area contributed by atoms with Crippen LogP contribution < -0.4 is 10.6 Å². The van der Waals surface area contributed by atoms with E-state index in [9.17, 15) is 14.4 Å². The highest BCUT2D eigenvalue weighted by atomic mass is 79.9. The molecule has 1 aliphatic carbocycles. The maximum absolute atomic E-state index is 11.5. The molecule has 2 aliphatic rings. The number of hydrogen-bond donors (Lipinski definition) is 2. The van der Waals surface area contributed by atoms with Gasteiger partial charge in [-0.15, -0.1) is 0 Å². The van der Waals surface area contributed by atoms with Gasteiger partial charge in [-0.1, -0.05) is 22.4 Å². The average molecular weight is 275 g/mol. The lowest BCUT2D eigenvalue weighted by atomic mass is 9.88. The molecule has 2 atom stereocenters. The van der Waals surface area contributed by atoms with Gasteiger partial charge in [0.15, 0.2) is 0 Å². The number of amides is 4. The molecule has 1 heterocycles. The Morgan fingerprint density at radius 1 is 1.07 bits per heavy atom. The van der Waals surface area contributed by atoms with Crippen molar-refractivity contribution in [3.63, 3.8) is 0 Å². The molecule has 1 saturated carbocycles. The summed E-state index contributed by atoms with van der Waals surface area (Å²) in [5, 5.41) is 4.25. The third kappa shape index (κ3) is 1.90. The first kappa shape index (κ1) is 10.6. The van der Waals surface area contributed by atoms with E-state index in [1.807, 2.05) is 0 Å². The maximum Gasteiger partial charge on any atom is 0.328 e. The Morgan fingerprint density at radius 2 is 1.67 bits per heavy atom. The molecule has 2 unspecified atom stereocenters. The molecule has 4 amide bonds. The molecule has 2 fully saturated rings. The molecule has 2 rings (SSSR count). The van der Waals surface area contributed by atoms with Crippen LogP contribution in [0.1, 0.15) is 19.3 Å². The second kappa shape index (κ2) is 3.92. The monoisotopic (exact) mass is 274 g/mol. The Kier molecular flexibility index (Phi) is 2.77. The molecule has 0 aromatic heterocycles. The first-order valence-corrected chi connectivity index (χ1v) is 5.81. The molecule has 1 saturated heterocycles. The first-order chi connectivity index (χ1) is 7.09. The fourth-order valence-electron chi connectivity index (χ4n) is 2.24. The molecule has 0 aromatic rings. The fourth-order valence-corrected chi connectivity index (χ4v) is 3.13. The van der Waals surface area contributed by atoms with E-state index in [-0.39, 0.29) is 10.7 Å². The summed E-state index contributed by atoms with van der Waals surface area (Å²) in [7, 11) is 0. The number of hydrogen-bond acceptors (Lipinski definition) is 3. The molecule has 5 nitrogen and oxygen atoms in total. The predicted molar refractivity (Wildman–Crippen MR) is 55.2 cm³/mol. The minimum atomic E-state index is -0.727. The van der Waals surface area contributed by atoms with Crippen molar-refractivity contribution in [2.75, 3.05) is 0 Å². The summed E-state index contributed by atoms with van der Waals surface area (Å²) >= 11 is 3.47. The molecule has 0 radical (unpaired) electrons. The largest absolute Gasteiger partial charge is 0.328 e. The molecule has 6 heteroatoms. The van der Waals surface area contributed by atoms with Crippen molar-refractivity contribution in [2.24, 2.45) is 11.8 Å². The summed E-state index contributed by atoms with van der Waals surface area (Å²) in [6.07, 6.45) is 2.82. The van der Waals surface area contributed by atoms with E-state index >= 15 is 0 Å². The standard InChI is InChI=1S/C9H11BrN2O3/c10-5-3-1-2-4(5)6-7(13)11-9(15)12-8(6)14/h4-6H,1-3H2,(H2,11,12,13,14,15). The van der Waals surface area contributed by atoms with Gasteiger partial charge in [-0.2, -0.15) is 0 Å². The zero-order valence-corrected chi connectivity index (χ0v) is 9.54. The van der Waals surface area contributed by atoms with Crippen LogP contribution in [0.2, 0.25) is 0 Å². The quantitative estimate of drug-likeness (QED) is 0.541. The van der Waals surface area contributed by atoms with Crippen LogP contribution >= 0.6 is 15.9 Å². The Balaban J connectivity index is 2.16. The molecule has 0 spiro atoms. The van der Waals surface area contributed by atoms with Gasteiger partial charge in [0.2, 0.25) is 11.8 Å². The van der Waals surface area contributed by atoms with E-state index in [1.165, 1.54) is 0 Å². The third-order valence-corrected chi connectivity index (χ3v) is 4.09. The van der Waals surface area contributed by atoms with Crippen molar-refractivity contribution in [1.29, 1.82) is 0 Å². The molecule has 2 N–H and O–H groups in total. The molecular formula is C9H11BrN2O3. The summed E-state index contributed by atoms with van der Waals surface area (Å²) in [5.41, 5.74) is 0. The van der Waals surface area contributed by atoms with Gasteiger partial charge in [0, 0.05) is 4.83 Å². The van der Waals surface area contributed by atoms with Crippen molar-refractivity contribution in [1.82, 2.24) is 10.6 Å². The number of imide groups is 2. The van der Waals surface area contributed by atoms with Crippen LogP contribution in [0.3, 0.4) is 0 Å². The van der Waals surface area contributed by atoms with Gasteiger partial charge in [-0.25, -0.2) is 4.79 Å². The number of nitrogens with one attached hydrogen (secondary N) is 2. The number of carbonyl (C=O) groups excluding carboxylic acids is 3. The molecule has 0 aromatic carbocycles. The molecule has 15 heavy (non-hydrogen) atoms. The zero-order valence-electron chi connectivity index (χ0n) is 7.96. The second-order valence-electron chi connectivity index (χ2n) is 3.90. The van der Waals surface area contributed by atoms with Gasteiger partial charge in [-0.05, 0) is 18.8 Å². The van der Waals surface area contributed by atoms with Crippen molar-refractivity contribution in [3.8, 4) is 0 Å². The SMILES string of the molecule is O=C1NC(=O)C(C2CCCC2Br)C(=O)N1.